The molecule has 0 aliphatic heterocycles. The minimum Gasteiger partial charge on any atom is -0.336 e. The predicted octanol–water partition coefficient (Wildman–Crippen LogP) is 1.33. The van der Waals surface area contributed by atoms with Gasteiger partial charge in [0.1, 0.15) is 0 Å². The van der Waals surface area contributed by atoms with Crippen molar-refractivity contribution in [3.63, 3.8) is 0 Å². The highest BCUT2D eigenvalue weighted by Crippen LogP contribution is 2.02. The largest absolute Gasteiger partial charge is 0.540 e. The van der Waals surface area contributed by atoms with Crippen LogP contribution in [-0.2, 0) is 0 Å². The van der Waals surface area contributed by atoms with Crippen molar-refractivity contribution in [2.45, 2.75) is 0 Å². The minimum absolute atomic E-state index is 0.550. The molecule has 1 nitrogen and oxygen atoms in total. The lowest BCUT2D eigenvalue weighted by atomic mass is 10.5. The molecule has 0 unspecified atom stereocenters. The molecule has 9 heavy (non-hydrogen) atoms. The minimum atomic E-state index is -0.550. The van der Waals surface area contributed by atoms with Crippen LogP contribution in [0, 0.1) is 0 Å². The van der Waals surface area contributed by atoms with Gasteiger partial charge in [-0.3, -0.25) is 4.98 Å². The van der Waals surface area contributed by atoms with Crippen LogP contribution in [0.3, 0.4) is 0 Å². The molecule has 1 rings (SSSR count). The van der Waals surface area contributed by atoms with Gasteiger partial charge < -0.3 is 9.07 Å². The molecule has 0 amide bonds. The van der Waals surface area contributed by atoms with Gasteiger partial charge in [-0.1, -0.05) is 6.07 Å². The summed E-state index contributed by atoms with van der Waals surface area (Å²) in [5.41, 5.74) is 0. The first kappa shape index (κ1) is 7.79. The van der Waals surface area contributed by atoms with Gasteiger partial charge in [0.15, 0.2) is 0 Å². The SMILES string of the molecule is [Cl][Mg][c]1cncc(Br)c1. The van der Waals surface area contributed by atoms with Crippen molar-refractivity contribution < 1.29 is 0 Å². The molecule has 0 aliphatic rings. The van der Waals surface area contributed by atoms with Crippen LogP contribution in [0.1, 0.15) is 0 Å². The summed E-state index contributed by atoms with van der Waals surface area (Å²) < 4.78 is 2.18. The maximum Gasteiger partial charge on any atom is 0.540 e. The van der Waals surface area contributed by atoms with E-state index in [0.29, 0.717) is 0 Å². The molecule has 0 radical (unpaired) electrons. The number of nitrogens with zero attached hydrogens (tertiary/aromatic N) is 1. The molecule has 1 aromatic heterocycles. The molecule has 0 aromatic carbocycles. The Morgan fingerprint density at radius 1 is 1.56 bits per heavy atom. The molecule has 0 saturated carbocycles. The number of pyridine rings is 1. The average Bonchev–Trinajstić information content (AvgIpc) is 1.88. The highest BCUT2D eigenvalue weighted by molar-refractivity contribution is 9.10. The third-order valence-corrected chi connectivity index (χ3v) is 2.97. The summed E-state index contributed by atoms with van der Waals surface area (Å²) in [6, 6.07) is 2.01. The molecule has 0 aliphatic carbocycles. The maximum atomic E-state index is 5.68. The monoisotopic (exact) mass is 215 g/mol. The van der Waals surface area contributed by atoms with Gasteiger partial charge in [-0.2, -0.15) is 0 Å². The topological polar surface area (TPSA) is 12.9 Å². The Hall–Kier alpha value is 0.686. The number of hydrogen-bond acceptors (Lipinski definition) is 1. The number of rotatable bonds is 1. The van der Waals surface area contributed by atoms with E-state index in [9.17, 15) is 0 Å². The Bertz CT molecular complexity index is 206. The fraction of sp³-hybridized carbons (Fsp3) is 0. The third-order valence-electron chi connectivity index (χ3n) is 0.916. The summed E-state index contributed by atoms with van der Waals surface area (Å²) >= 11 is 2.75. The Kier molecular flexibility index (Phi) is 3.25. The van der Waals surface area contributed by atoms with Crippen molar-refractivity contribution in [2.24, 2.45) is 0 Å². The predicted molar refractivity (Wildman–Crippen MR) is 43.2 cm³/mol. The Labute approximate surface area is 75.4 Å². The van der Waals surface area contributed by atoms with Gasteiger partial charge >= 0.3 is 19.3 Å². The molecule has 0 atom stereocenters. The second-order valence-corrected chi connectivity index (χ2v) is 4.45. The smallest absolute Gasteiger partial charge is 0.336 e. The van der Waals surface area contributed by atoms with Gasteiger partial charge in [0, 0.05) is 16.9 Å². The fourth-order valence-electron chi connectivity index (χ4n) is 0.529. The standard InChI is InChI=1S/C5H3BrN.ClH.Mg/c6-5-2-1-3-7-4-5;;/h2-4H;1H;/q;;+1/p-1. The van der Waals surface area contributed by atoms with E-state index >= 15 is 0 Å². The summed E-state index contributed by atoms with van der Waals surface area (Å²) in [5, 5.41) is 0. The van der Waals surface area contributed by atoms with Crippen molar-refractivity contribution in [2.75, 3.05) is 0 Å². The van der Waals surface area contributed by atoms with E-state index in [1.165, 1.54) is 3.69 Å². The maximum absolute atomic E-state index is 5.68. The quantitative estimate of drug-likeness (QED) is 0.646. The summed E-state index contributed by atoms with van der Waals surface area (Å²) in [4.78, 5) is 3.96. The third kappa shape index (κ3) is 2.41. The lowest BCUT2D eigenvalue weighted by molar-refractivity contribution is 1.33. The average molecular weight is 217 g/mol. The Morgan fingerprint density at radius 3 is 2.78 bits per heavy atom. The number of hydrogen-bond donors (Lipinski definition) is 0. The van der Waals surface area contributed by atoms with Crippen molar-refractivity contribution >= 4 is 48.0 Å². The first-order valence-corrected chi connectivity index (χ1v) is 6.12. The van der Waals surface area contributed by atoms with E-state index in [-0.39, 0.29) is 0 Å². The van der Waals surface area contributed by atoms with Crippen molar-refractivity contribution in [3.05, 3.63) is 22.9 Å². The van der Waals surface area contributed by atoms with Crippen molar-refractivity contribution in [1.82, 2.24) is 4.98 Å². The van der Waals surface area contributed by atoms with Crippen LogP contribution in [0.15, 0.2) is 22.9 Å². The van der Waals surface area contributed by atoms with Crippen molar-refractivity contribution in [1.29, 1.82) is 0 Å². The normalized spacial score (nSPS) is 8.67. The lowest BCUT2D eigenvalue weighted by Gasteiger charge is -1.91. The molecular formula is C5H3BrClMgN. The molecule has 1 aromatic rings. The van der Waals surface area contributed by atoms with E-state index in [1.54, 1.807) is 6.20 Å². The first-order chi connectivity index (χ1) is 4.33. The zero-order valence-electron chi connectivity index (χ0n) is 4.64. The molecule has 0 saturated heterocycles. The van der Waals surface area contributed by atoms with Crippen molar-refractivity contribution in [3.8, 4) is 0 Å². The van der Waals surface area contributed by atoms with Gasteiger partial charge in [0.25, 0.3) is 0 Å². The summed E-state index contributed by atoms with van der Waals surface area (Å²) in [5.74, 6) is 0. The van der Waals surface area contributed by atoms with Crippen LogP contribution in [0.2, 0.25) is 0 Å². The molecular weight excluding hydrogens is 214 g/mol. The van der Waals surface area contributed by atoms with E-state index in [1.807, 2.05) is 12.3 Å². The van der Waals surface area contributed by atoms with E-state index in [4.69, 9.17) is 9.07 Å². The second kappa shape index (κ2) is 3.76. The summed E-state index contributed by atoms with van der Waals surface area (Å²) in [7, 11) is 5.68. The fourth-order valence-corrected chi connectivity index (χ4v) is 2.15. The van der Waals surface area contributed by atoms with E-state index < -0.39 is 19.3 Å². The Morgan fingerprint density at radius 2 is 2.33 bits per heavy atom. The molecule has 0 spiro atoms. The number of halogens is 2. The molecule has 0 bridgehead atoms. The van der Waals surface area contributed by atoms with Crippen LogP contribution in [0.25, 0.3) is 0 Å². The van der Waals surface area contributed by atoms with Crippen LogP contribution in [0.5, 0.6) is 0 Å². The summed E-state index contributed by atoms with van der Waals surface area (Å²) in [6.45, 7) is 0. The van der Waals surface area contributed by atoms with Gasteiger partial charge in [0.05, 0.1) is 0 Å². The lowest BCUT2D eigenvalue weighted by Crippen LogP contribution is -2.08. The van der Waals surface area contributed by atoms with E-state index in [2.05, 4.69) is 20.9 Å². The number of aromatic nitrogens is 1. The highest BCUT2D eigenvalue weighted by atomic mass is 79.9. The van der Waals surface area contributed by atoms with Gasteiger partial charge in [-0.25, -0.2) is 0 Å². The summed E-state index contributed by atoms with van der Waals surface area (Å²) in [6.07, 6.45) is 3.56. The molecule has 4 heteroatoms. The van der Waals surface area contributed by atoms with Gasteiger partial charge in [-0.05, 0) is 15.9 Å². The van der Waals surface area contributed by atoms with Crippen LogP contribution in [-0.4, -0.2) is 24.2 Å². The van der Waals surface area contributed by atoms with Gasteiger partial charge in [0.2, 0.25) is 0 Å². The highest BCUT2D eigenvalue weighted by Gasteiger charge is 1.94. The first-order valence-electron chi connectivity index (χ1n) is 2.48. The van der Waals surface area contributed by atoms with Crippen LogP contribution in [0.4, 0.5) is 0 Å². The van der Waals surface area contributed by atoms with Gasteiger partial charge in [-0.15, -0.1) is 3.69 Å². The molecule has 0 fully saturated rings. The van der Waals surface area contributed by atoms with Crippen LogP contribution < -0.4 is 3.69 Å². The van der Waals surface area contributed by atoms with Crippen LogP contribution >= 0.6 is 25.0 Å². The Balaban J connectivity index is 2.94. The molecule has 44 valence electrons. The molecule has 1 heterocycles. The zero-order valence-corrected chi connectivity index (χ0v) is 8.40. The second-order valence-electron chi connectivity index (χ2n) is 1.65. The zero-order chi connectivity index (χ0) is 6.69. The molecule has 0 N–H and O–H groups in total. The van der Waals surface area contributed by atoms with E-state index in [0.717, 1.165) is 4.47 Å².